The number of ether oxygens (including phenoxy) is 1. The summed E-state index contributed by atoms with van der Waals surface area (Å²) in [7, 11) is 1.67. The van der Waals surface area contributed by atoms with Crippen molar-refractivity contribution in [3.05, 3.63) is 24.3 Å². The Kier molecular flexibility index (Phi) is 5.24. The highest BCUT2D eigenvalue weighted by molar-refractivity contribution is 7.80. The summed E-state index contributed by atoms with van der Waals surface area (Å²) >= 11 is 4.93. The molecule has 6 nitrogen and oxygen atoms in total. The van der Waals surface area contributed by atoms with Crippen LogP contribution in [0.3, 0.4) is 0 Å². The molecule has 112 valence electrons. The predicted molar refractivity (Wildman–Crippen MR) is 86.3 cm³/mol. The van der Waals surface area contributed by atoms with Gasteiger partial charge in [-0.3, -0.25) is 0 Å². The van der Waals surface area contributed by atoms with E-state index in [1.807, 2.05) is 31.2 Å². The number of thiocarbonyl (C=S) groups is 1. The Morgan fingerprint density at radius 1 is 1.43 bits per heavy atom. The molecule has 21 heavy (non-hydrogen) atoms. The first-order valence-electron chi connectivity index (χ1n) is 6.70. The van der Waals surface area contributed by atoms with E-state index < -0.39 is 0 Å². The van der Waals surface area contributed by atoms with Crippen molar-refractivity contribution in [2.75, 3.05) is 20.3 Å². The number of hydrogen-bond acceptors (Lipinski definition) is 4. The van der Waals surface area contributed by atoms with Gasteiger partial charge in [0.1, 0.15) is 0 Å². The highest BCUT2D eigenvalue weighted by Crippen LogP contribution is 2.38. The zero-order valence-electron chi connectivity index (χ0n) is 12.0. The second kappa shape index (κ2) is 7.14. The van der Waals surface area contributed by atoms with Crippen molar-refractivity contribution < 1.29 is 9.84 Å². The topological polar surface area (TPSA) is 71.1 Å². The fraction of sp³-hybridized carbons (Fsp3) is 0.357. The van der Waals surface area contributed by atoms with Crippen molar-refractivity contribution in [3.63, 3.8) is 0 Å². The molecule has 2 rings (SSSR count). The molecular weight excluding hydrogens is 288 g/mol. The van der Waals surface area contributed by atoms with Gasteiger partial charge < -0.3 is 19.7 Å². The van der Waals surface area contributed by atoms with Crippen LogP contribution in [0.15, 0.2) is 34.5 Å². The summed E-state index contributed by atoms with van der Waals surface area (Å²) in [5.74, 6) is 0.0681. The third kappa shape index (κ3) is 3.37. The maximum atomic E-state index is 10.4. The maximum absolute atomic E-state index is 10.4. The average Bonchev–Trinajstić information content (AvgIpc) is 2.77. The van der Waals surface area contributed by atoms with E-state index in [0.717, 1.165) is 10.9 Å². The van der Waals surface area contributed by atoms with Gasteiger partial charge in [-0.05, 0) is 25.2 Å². The van der Waals surface area contributed by atoms with Gasteiger partial charge in [-0.25, -0.2) is 0 Å². The fourth-order valence-electron chi connectivity index (χ4n) is 2.04. The van der Waals surface area contributed by atoms with Crippen LogP contribution < -0.4 is 5.32 Å². The SMILES string of the molecule is CCOCCn1c(O)c(N=NC(=S)NC)c2ccccc21. The molecule has 0 spiro atoms. The first-order chi connectivity index (χ1) is 10.2. The molecule has 7 heteroatoms. The molecule has 0 bridgehead atoms. The smallest absolute Gasteiger partial charge is 0.220 e. The molecule has 2 aromatic rings. The summed E-state index contributed by atoms with van der Waals surface area (Å²) in [6.07, 6.45) is 0. The van der Waals surface area contributed by atoms with Crippen molar-refractivity contribution in [3.8, 4) is 5.88 Å². The third-order valence-electron chi connectivity index (χ3n) is 3.04. The quantitative estimate of drug-likeness (QED) is 0.506. The largest absolute Gasteiger partial charge is 0.493 e. The van der Waals surface area contributed by atoms with Crippen molar-refractivity contribution in [1.29, 1.82) is 0 Å². The molecule has 0 unspecified atom stereocenters. The zero-order chi connectivity index (χ0) is 15.2. The van der Waals surface area contributed by atoms with Crippen molar-refractivity contribution in [2.45, 2.75) is 13.5 Å². The van der Waals surface area contributed by atoms with E-state index in [2.05, 4.69) is 15.5 Å². The number of azo groups is 1. The summed E-state index contributed by atoms with van der Waals surface area (Å²) in [6, 6.07) is 7.63. The minimum absolute atomic E-state index is 0.0681. The zero-order valence-corrected chi connectivity index (χ0v) is 12.9. The highest BCUT2D eigenvalue weighted by atomic mass is 32.1. The minimum Gasteiger partial charge on any atom is -0.493 e. The molecule has 2 N–H and O–H groups in total. The van der Waals surface area contributed by atoms with Gasteiger partial charge >= 0.3 is 0 Å². The van der Waals surface area contributed by atoms with Crippen LogP contribution in [0.4, 0.5) is 5.69 Å². The molecule has 0 fully saturated rings. The number of para-hydroxylation sites is 1. The molecule has 1 aromatic carbocycles. The Hall–Kier alpha value is -1.99. The van der Waals surface area contributed by atoms with Gasteiger partial charge in [0.05, 0.1) is 12.1 Å². The molecular formula is C14H18N4O2S. The Bertz CT molecular complexity index is 666. The second-order valence-corrected chi connectivity index (χ2v) is 4.68. The number of nitrogens with one attached hydrogen (secondary N) is 1. The van der Waals surface area contributed by atoms with Crippen LogP contribution in [-0.2, 0) is 11.3 Å². The lowest BCUT2D eigenvalue weighted by atomic mass is 10.2. The van der Waals surface area contributed by atoms with E-state index in [-0.39, 0.29) is 11.0 Å². The molecule has 0 aliphatic carbocycles. The monoisotopic (exact) mass is 306 g/mol. The first-order valence-corrected chi connectivity index (χ1v) is 7.11. The number of aromatic nitrogens is 1. The maximum Gasteiger partial charge on any atom is 0.220 e. The average molecular weight is 306 g/mol. The lowest BCUT2D eigenvalue weighted by Gasteiger charge is -2.06. The molecule has 1 heterocycles. The number of fused-ring (bicyclic) bond motifs is 1. The standard InChI is InChI=1S/C14H18N4O2S/c1-3-20-9-8-18-11-7-5-4-6-10(11)12(13(18)19)16-17-14(21)15-2/h4-7,19H,3,8-9H2,1-2H3,(H,15,21). The van der Waals surface area contributed by atoms with Crippen molar-refractivity contribution in [2.24, 2.45) is 10.2 Å². The van der Waals surface area contributed by atoms with Crippen LogP contribution in [0.1, 0.15) is 6.92 Å². The third-order valence-corrected chi connectivity index (χ3v) is 3.32. The van der Waals surface area contributed by atoms with Gasteiger partial charge in [-0.2, -0.15) is 0 Å². The summed E-state index contributed by atoms with van der Waals surface area (Å²) in [5, 5.41) is 22.1. The van der Waals surface area contributed by atoms with Gasteiger partial charge in [0.2, 0.25) is 11.0 Å². The van der Waals surface area contributed by atoms with Crippen molar-refractivity contribution in [1.82, 2.24) is 9.88 Å². The van der Waals surface area contributed by atoms with Gasteiger partial charge in [-0.15, -0.1) is 10.2 Å². The van der Waals surface area contributed by atoms with Crippen LogP contribution in [0.25, 0.3) is 10.9 Å². The molecule has 0 aliphatic heterocycles. The van der Waals surface area contributed by atoms with Gasteiger partial charge in [0, 0.05) is 25.6 Å². The van der Waals surface area contributed by atoms with Gasteiger partial charge in [-0.1, -0.05) is 18.2 Å². The van der Waals surface area contributed by atoms with Gasteiger partial charge in [0.25, 0.3) is 0 Å². The summed E-state index contributed by atoms with van der Waals surface area (Å²) in [5.41, 5.74) is 1.30. The summed E-state index contributed by atoms with van der Waals surface area (Å²) < 4.78 is 7.12. The van der Waals surface area contributed by atoms with E-state index in [9.17, 15) is 5.11 Å². The number of nitrogens with zero attached hydrogens (tertiary/aromatic N) is 3. The molecule has 0 radical (unpaired) electrons. The first kappa shape index (κ1) is 15.4. The van der Waals surface area contributed by atoms with Crippen LogP contribution in [0.2, 0.25) is 0 Å². The Labute approximate surface area is 128 Å². The summed E-state index contributed by atoms with van der Waals surface area (Å²) in [6.45, 7) is 3.65. The number of benzene rings is 1. The Morgan fingerprint density at radius 2 is 2.19 bits per heavy atom. The normalized spacial score (nSPS) is 11.3. The highest BCUT2D eigenvalue weighted by Gasteiger charge is 2.16. The van der Waals surface area contributed by atoms with Crippen LogP contribution in [-0.4, -0.2) is 35.0 Å². The van der Waals surface area contributed by atoms with E-state index in [0.29, 0.717) is 25.4 Å². The molecule has 0 amide bonds. The fourth-order valence-corrected chi connectivity index (χ4v) is 2.08. The predicted octanol–water partition coefficient (Wildman–Crippen LogP) is 2.97. The number of aromatic hydroxyl groups is 1. The van der Waals surface area contributed by atoms with Crippen molar-refractivity contribution >= 4 is 33.9 Å². The van der Waals surface area contributed by atoms with E-state index in [4.69, 9.17) is 17.0 Å². The van der Waals surface area contributed by atoms with E-state index >= 15 is 0 Å². The van der Waals surface area contributed by atoms with Crippen LogP contribution >= 0.6 is 12.2 Å². The van der Waals surface area contributed by atoms with Crippen LogP contribution in [0, 0.1) is 0 Å². The number of rotatable bonds is 5. The van der Waals surface area contributed by atoms with E-state index in [1.165, 1.54) is 0 Å². The summed E-state index contributed by atoms with van der Waals surface area (Å²) in [4.78, 5) is 0. The lowest BCUT2D eigenvalue weighted by molar-refractivity contribution is 0.138. The lowest BCUT2D eigenvalue weighted by Crippen LogP contribution is -2.11. The van der Waals surface area contributed by atoms with Gasteiger partial charge in [0.15, 0.2) is 5.69 Å². The Balaban J connectivity index is 2.43. The molecule has 1 aromatic heterocycles. The molecule has 0 saturated carbocycles. The second-order valence-electron chi connectivity index (χ2n) is 4.29. The molecule has 0 saturated heterocycles. The minimum atomic E-state index is 0.0681. The van der Waals surface area contributed by atoms with Crippen LogP contribution in [0.5, 0.6) is 5.88 Å². The molecule has 0 atom stereocenters. The Morgan fingerprint density at radius 3 is 2.90 bits per heavy atom. The molecule has 0 aliphatic rings. The van der Waals surface area contributed by atoms with E-state index in [1.54, 1.807) is 11.6 Å². The number of hydrogen-bond donors (Lipinski definition) is 2.